The maximum absolute atomic E-state index is 2.70. The quantitative estimate of drug-likeness (QED) is 0.155. The molecule has 1 aliphatic carbocycles. The van der Waals surface area contributed by atoms with E-state index in [0.717, 1.165) is 9.84 Å². The first-order valence-electron chi connectivity index (χ1n) is 9.67. The van der Waals surface area contributed by atoms with E-state index in [4.69, 9.17) is 0 Å². The normalized spacial score (nSPS) is 29.5. The first-order valence-corrected chi connectivity index (χ1v) is 12.4. The number of hydrogen-bond acceptors (Lipinski definition) is 0. The van der Waals surface area contributed by atoms with Gasteiger partial charge >= 0.3 is 0 Å². The SMILES string of the molecule is CC(CCI)CC(C)(C)CCCCC1(C)CC(I)CC(C)(C)C1. The van der Waals surface area contributed by atoms with Crippen LogP contribution in [0.25, 0.3) is 0 Å². The van der Waals surface area contributed by atoms with Crippen LogP contribution in [0.1, 0.15) is 99.3 Å². The molecule has 0 N–H and O–H groups in total. The molecule has 3 unspecified atom stereocenters. The fraction of sp³-hybridized carbons (Fsp3) is 1.00. The summed E-state index contributed by atoms with van der Waals surface area (Å²) >= 11 is 5.22. The van der Waals surface area contributed by atoms with Gasteiger partial charge in [0.25, 0.3) is 0 Å². The van der Waals surface area contributed by atoms with Crippen LogP contribution in [0, 0.1) is 22.2 Å². The van der Waals surface area contributed by atoms with Crippen LogP contribution in [-0.2, 0) is 0 Å². The van der Waals surface area contributed by atoms with Crippen LogP contribution in [0.5, 0.6) is 0 Å². The summed E-state index contributed by atoms with van der Waals surface area (Å²) in [5.41, 5.74) is 1.67. The van der Waals surface area contributed by atoms with E-state index in [1.807, 2.05) is 0 Å². The van der Waals surface area contributed by atoms with Crippen molar-refractivity contribution in [2.24, 2.45) is 22.2 Å². The summed E-state index contributed by atoms with van der Waals surface area (Å²) in [6.45, 7) is 14.9. The average molecular weight is 546 g/mol. The smallest absolute Gasteiger partial charge is 0.0120 e. The molecule has 0 aromatic carbocycles. The third-order valence-corrected chi connectivity index (χ3v) is 7.28. The van der Waals surface area contributed by atoms with E-state index in [1.165, 1.54) is 62.2 Å². The second-order valence-electron chi connectivity index (χ2n) is 10.3. The molecule has 23 heavy (non-hydrogen) atoms. The number of rotatable bonds is 9. The Balaban J connectivity index is 2.35. The number of unbranched alkanes of at least 4 members (excludes halogenated alkanes) is 1. The molecule has 1 aliphatic rings. The predicted octanol–water partition coefficient (Wildman–Crippen LogP) is 8.44. The minimum Gasteiger partial charge on any atom is -0.0864 e. The van der Waals surface area contributed by atoms with Crippen molar-refractivity contribution in [3.05, 3.63) is 0 Å². The van der Waals surface area contributed by atoms with Crippen LogP contribution in [0.3, 0.4) is 0 Å². The van der Waals surface area contributed by atoms with Crippen molar-refractivity contribution in [3.63, 3.8) is 0 Å². The Bertz CT molecular complexity index is 348. The van der Waals surface area contributed by atoms with Gasteiger partial charge in [0.2, 0.25) is 0 Å². The fourth-order valence-electron chi connectivity index (χ4n) is 5.19. The monoisotopic (exact) mass is 546 g/mol. The highest BCUT2D eigenvalue weighted by atomic mass is 127. The standard InChI is InChI=1S/C21H40I2/c1-17(9-12-22)13-19(2,3)10-7-8-11-21(6)15-18(23)14-20(4,5)16-21/h17-18H,7-16H2,1-6H3. The molecule has 0 saturated heterocycles. The zero-order chi connectivity index (χ0) is 17.7. The maximum Gasteiger partial charge on any atom is 0.0120 e. The molecular formula is C21H40I2. The van der Waals surface area contributed by atoms with Crippen molar-refractivity contribution in [2.45, 2.75) is 103 Å². The van der Waals surface area contributed by atoms with Crippen LogP contribution in [0.2, 0.25) is 0 Å². The summed E-state index contributed by atoms with van der Waals surface area (Å²) in [7, 11) is 0. The zero-order valence-corrected chi connectivity index (χ0v) is 20.8. The van der Waals surface area contributed by atoms with Gasteiger partial charge in [-0.2, -0.15) is 0 Å². The number of alkyl halides is 2. The topological polar surface area (TPSA) is 0 Å². The fourth-order valence-corrected chi connectivity index (χ4v) is 8.50. The van der Waals surface area contributed by atoms with Gasteiger partial charge in [-0.05, 0) is 71.5 Å². The molecule has 0 aromatic heterocycles. The van der Waals surface area contributed by atoms with Crippen LogP contribution in [-0.4, -0.2) is 8.35 Å². The Labute approximate surface area is 174 Å². The van der Waals surface area contributed by atoms with E-state index in [1.54, 1.807) is 0 Å². The Morgan fingerprint density at radius 1 is 1.13 bits per heavy atom. The van der Waals surface area contributed by atoms with Crippen molar-refractivity contribution in [2.75, 3.05) is 4.43 Å². The largest absolute Gasteiger partial charge is 0.0864 e. The van der Waals surface area contributed by atoms with E-state index in [9.17, 15) is 0 Å². The molecule has 1 saturated carbocycles. The Hall–Kier alpha value is 1.46. The number of halogens is 2. The minimum atomic E-state index is 0.532. The van der Waals surface area contributed by atoms with Crippen molar-refractivity contribution in [1.82, 2.24) is 0 Å². The average Bonchev–Trinajstić information content (AvgIpc) is 2.31. The van der Waals surface area contributed by atoms with Crippen molar-refractivity contribution in [1.29, 1.82) is 0 Å². The van der Waals surface area contributed by atoms with E-state index in [-0.39, 0.29) is 0 Å². The molecule has 138 valence electrons. The Morgan fingerprint density at radius 3 is 2.35 bits per heavy atom. The van der Waals surface area contributed by atoms with E-state index < -0.39 is 0 Å². The molecule has 0 bridgehead atoms. The molecule has 1 rings (SSSR count). The summed E-state index contributed by atoms with van der Waals surface area (Å²) in [5.74, 6) is 0.887. The molecule has 0 nitrogen and oxygen atoms in total. The molecule has 0 spiro atoms. The molecule has 0 aromatic rings. The molecule has 2 heteroatoms. The second-order valence-corrected chi connectivity index (χ2v) is 13.2. The lowest BCUT2D eigenvalue weighted by molar-refractivity contribution is 0.0953. The van der Waals surface area contributed by atoms with Gasteiger partial charge in [-0.25, -0.2) is 0 Å². The molecule has 0 aliphatic heterocycles. The van der Waals surface area contributed by atoms with Crippen molar-refractivity contribution in [3.8, 4) is 0 Å². The molecule has 0 heterocycles. The summed E-state index contributed by atoms with van der Waals surface area (Å²) < 4.78 is 2.19. The molecule has 3 atom stereocenters. The van der Waals surface area contributed by atoms with Crippen LogP contribution < -0.4 is 0 Å². The molecule has 1 fully saturated rings. The van der Waals surface area contributed by atoms with Gasteiger partial charge in [0.1, 0.15) is 0 Å². The molecule has 0 radical (unpaired) electrons. The van der Waals surface area contributed by atoms with Gasteiger partial charge in [0.05, 0.1) is 0 Å². The van der Waals surface area contributed by atoms with Gasteiger partial charge in [-0.1, -0.05) is 99.6 Å². The summed E-state index contributed by atoms with van der Waals surface area (Å²) in [6.07, 6.45) is 12.8. The summed E-state index contributed by atoms with van der Waals surface area (Å²) in [6, 6.07) is 0. The lowest BCUT2D eigenvalue weighted by Gasteiger charge is -2.45. The lowest BCUT2D eigenvalue weighted by atomic mass is 9.62. The summed E-state index contributed by atoms with van der Waals surface area (Å²) in [5, 5.41) is 0. The van der Waals surface area contributed by atoms with E-state index in [0.29, 0.717) is 16.2 Å². The maximum atomic E-state index is 2.70. The van der Waals surface area contributed by atoms with Crippen LogP contribution in [0.15, 0.2) is 0 Å². The first kappa shape index (κ1) is 22.5. The highest BCUT2D eigenvalue weighted by Crippen LogP contribution is 2.50. The van der Waals surface area contributed by atoms with Gasteiger partial charge in [-0.15, -0.1) is 0 Å². The second kappa shape index (κ2) is 9.41. The third-order valence-electron chi connectivity index (χ3n) is 5.78. The Kier molecular flexibility index (Phi) is 9.21. The summed E-state index contributed by atoms with van der Waals surface area (Å²) in [4.78, 5) is 0. The van der Waals surface area contributed by atoms with Crippen molar-refractivity contribution >= 4 is 45.2 Å². The minimum absolute atomic E-state index is 0.532. The van der Waals surface area contributed by atoms with Crippen molar-refractivity contribution < 1.29 is 0 Å². The highest BCUT2D eigenvalue weighted by molar-refractivity contribution is 14.1. The molecular weight excluding hydrogens is 506 g/mol. The van der Waals surface area contributed by atoms with Crippen LogP contribution >= 0.6 is 45.2 Å². The van der Waals surface area contributed by atoms with Crippen LogP contribution in [0.4, 0.5) is 0 Å². The van der Waals surface area contributed by atoms with Gasteiger partial charge in [0.15, 0.2) is 0 Å². The van der Waals surface area contributed by atoms with Gasteiger partial charge < -0.3 is 0 Å². The number of hydrogen-bond donors (Lipinski definition) is 0. The Morgan fingerprint density at radius 2 is 1.78 bits per heavy atom. The lowest BCUT2D eigenvalue weighted by Crippen LogP contribution is -2.36. The molecule has 0 amide bonds. The third kappa shape index (κ3) is 9.10. The van der Waals surface area contributed by atoms with Gasteiger partial charge in [-0.3, -0.25) is 0 Å². The zero-order valence-electron chi connectivity index (χ0n) is 16.5. The van der Waals surface area contributed by atoms with E-state index in [2.05, 4.69) is 86.7 Å². The first-order chi connectivity index (χ1) is 10.5. The van der Waals surface area contributed by atoms with Gasteiger partial charge in [0, 0.05) is 3.92 Å². The predicted molar refractivity (Wildman–Crippen MR) is 123 cm³/mol. The van der Waals surface area contributed by atoms with E-state index >= 15 is 0 Å². The highest BCUT2D eigenvalue weighted by Gasteiger charge is 2.39.